The summed E-state index contributed by atoms with van der Waals surface area (Å²) in [6.45, 7) is 0. The zero-order valence-corrected chi connectivity index (χ0v) is 24.6. The predicted octanol–water partition coefficient (Wildman–Crippen LogP) is 11.4. The quantitative estimate of drug-likeness (QED) is 0.203. The third-order valence-electron chi connectivity index (χ3n) is 9.32. The molecule has 0 spiro atoms. The minimum atomic E-state index is -0.454. The van der Waals surface area contributed by atoms with Crippen molar-refractivity contribution in [2.75, 3.05) is 4.90 Å². The molecular formula is C43H29NO. The van der Waals surface area contributed by atoms with Gasteiger partial charge in [-0.2, -0.15) is 0 Å². The molecular weight excluding hydrogens is 546 g/mol. The first-order valence-corrected chi connectivity index (χ1v) is 15.4. The SMILES string of the molecule is c1ccc(N(c2ccccc2)c2ccc3c(c2)oc2cc4c(cc23)-c2ccccc2C4(c2ccccc2)c2ccccc2)cc1. The lowest BCUT2D eigenvalue weighted by Gasteiger charge is -2.33. The van der Waals surface area contributed by atoms with Crippen molar-refractivity contribution in [3.63, 3.8) is 0 Å². The van der Waals surface area contributed by atoms with E-state index in [0.29, 0.717) is 0 Å². The third-order valence-corrected chi connectivity index (χ3v) is 9.32. The van der Waals surface area contributed by atoms with Crippen molar-refractivity contribution in [2.45, 2.75) is 5.41 Å². The van der Waals surface area contributed by atoms with E-state index < -0.39 is 5.41 Å². The van der Waals surface area contributed by atoms with Gasteiger partial charge in [-0.25, -0.2) is 0 Å². The van der Waals surface area contributed by atoms with Crippen molar-refractivity contribution in [3.05, 3.63) is 198 Å². The Kier molecular flexibility index (Phi) is 5.76. The molecule has 0 aliphatic heterocycles. The van der Waals surface area contributed by atoms with Crippen molar-refractivity contribution in [1.29, 1.82) is 0 Å². The minimum absolute atomic E-state index is 0.454. The van der Waals surface area contributed by atoms with Gasteiger partial charge in [-0.05, 0) is 81.9 Å². The predicted molar refractivity (Wildman–Crippen MR) is 186 cm³/mol. The molecule has 0 unspecified atom stereocenters. The van der Waals surface area contributed by atoms with Gasteiger partial charge in [-0.1, -0.05) is 121 Å². The lowest BCUT2D eigenvalue weighted by atomic mass is 9.67. The van der Waals surface area contributed by atoms with Crippen LogP contribution in [0.5, 0.6) is 0 Å². The molecule has 0 amide bonds. The standard InChI is InChI=1S/C43H29NO/c1-5-15-30(16-6-1)43(31-17-7-2-8-18-31)39-24-14-13-23-35(39)37-28-38-36-26-25-34(27-41(36)45-42(38)29-40(37)43)44(32-19-9-3-10-20-32)33-21-11-4-12-22-33/h1-29H. The topological polar surface area (TPSA) is 16.4 Å². The number of para-hydroxylation sites is 2. The second-order valence-electron chi connectivity index (χ2n) is 11.7. The first-order valence-electron chi connectivity index (χ1n) is 15.4. The summed E-state index contributed by atoms with van der Waals surface area (Å²) in [6.07, 6.45) is 0. The Labute approximate surface area is 262 Å². The Hall–Kier alpha value is -5.86. The van der Waals surface area contributed by atoms with Crippen molar-refractivity contribution >= 4 is 39.0 Å². The van der Waals surface area contributed by atoms with Crippen LogP contribution in [0, 0.1) is 0 Å². The van der Waals surface area contributed by atoms with E-state index in [1.54, 1.807) is 0 Å². The summed E-state index contributed by atoms with van der Waals surface area (Å²) in [5.41, 5.74) is 12.2. The summed E-state index contributed by atoms with van der Waals surface area (Å²) in [5, 5.41) is 2.25. The monoisotopic (exact) mass is 575 g/mol. The summed E-state index contributed by atoms with van der Waals surface area (Å²) < 4.78 is 6.78. The molecule has 2 nitrogen and oxygen atoms in total. The van der Waals surface area contributed by atoms with Gasteiger partial charge in [0.15, 0.2) is 0 Å². The number of furan rings is 1. The molecule has 212 valence electrons. The van der Waals surface area contributed by atoms with Gasteiger partial charge >= 0.3 is 0 Å². The maximum Gasteiger partial charge on any atom is 0.137 e. The zero-order chi connectivity index (χ0) is 29.8. The number of hydrogen-bond acceptors (Lipinski definition) is 2. The minimum Gasteiger partial charge on any atom is -0.456 e. The molecule has 8 aromatic rings. The number of nitrogens with zero attached hydrogens (tertiary/aromatic N) is 1. The Bertz CT molecular complexity index is 2230. The molecule has 1 heterocycles. The Morgan fingerprint density at radius 1 is 0.378 bits per heavy atom. The molecule has 0 N–H and O–H groups in total. The molecule has 7 aromatic carbocycles. The van der Waals surface area contributed by atoms with Gasteiger partial charge in [-0.15, -0.1) is 0 Å². The fraction of sp³-hybridized carbons (Fsp3) is 0.0233. The highest BCUT2D eigenvalue weighted by atomic mass is 16.3. The summed E-state index contributed by atoms with van der Waals surface area (Å²) in [7, 11) is 0. The molecule has 0 saturated carbocycles. The van der Waals surface area contributed by atoms with Crippen LogP contribution in [0.2, 0.25) is 0 Å². The van der Waals surface area contributed by atoms with Gasteiger partial charge in [0.2, 0.25) is 0 Å². The first-order chi connectivity index (χ1) is 22.3. The van der Waals surface area contributed by atoms with Gasteiger partial charge in [0, 0.05) is 33.9 Å². The van der Waals surface area contributed by atoms with E-state index >= 15 is 0 Å². The number of anilines is 3. The van der Waals surface area contributed by atoms with E-state index in [0.717, 1.165) is 39.0 Å². The number of benzene rings is 7. The molecule has 0 bridgehead atoms. The Morgan fingerprint density at radius 3 is 1.53 bits per heavy atom. The van der Waals surface area contributed by atoms with Gasteiger partial charge in [0.1, 0.15) is 11.2 Å². The van der Waals surface area contributed by atoms with E-state index in [4.69, 9.17) is 4.42 Å². The molecule has 0 atom stereocenters. The van der Waals surface area contributed by atoms with E-state index in [9.17, 15) is 0 Å². The van der Waals surface area contributed by atoms with Crippen LogP contribution < -0.4 is 4.90 Å². The second-order valence-corrected chi connectivity index (χ2v) is 11.7. The average Bonchev–Trinajstić information content (AvgIpc) is 3.61. The molecule has 45 heavy (non-hydrogen) atoms. The number of hydrogen-bond donors (Lipinski definition) is 0. The Morgan fingerprint density at radius 2 is 0.911 bits per heavy atom. The molecule has 1 aliphatic rings. The molecule has 0 saturated heterocycles. The Balaban J connectivity index is 1.30. The molecule has 0 fully saturated rings. The number of fused-ring (bicyclic) bond motifs is 6. The van der Waals surface area contributed by atoms with Crippen LogP contribution in [0.1, 0.15) is 22.3 Å². The van der Waals surface area contributed by atoms with Crippen LogP contribution in [0.3, 0.4) is 0 Å². The van der Waals surface area contributed by atoms with Crippen LogP contribution in [0.15, 0.2) is 180 Å². The van der Waals surface area contributed by atoms with E-state index in [2.05, 4.69) is 181 Å². The molecule has 9 rings (SSSR count). The molecule has 1 aromatic heterocycles. The van der Waals surface area contributed by atoms with Gasteiger partial charge in [0.25, 0.3) is 0 Å². The summed E-state index contributed by atoms with van der Waals surface area (Å²) in [5.74, 6) is 0. The van der Waals surface area contributed by atoms with Crippen LogP contribution in [0.25, 0.3) is 33.1 Å². The maximum atomic E-state index is 6.78. The summed E-state index contributed by atoms with van der Waals surface area (Å²) in [6, 6.07) is 62.9. The maximum absolute atomic E-state index is 6.78. The fourth-order valence-electron chi connectivity index (χ4n) is 7.44. The lowest BCUT2D eigenvalue weighted by Crippen LogP contribution is -2.28. The van der Waals surface area contributed by atoms with Gasteiger partial charge in [0.05, 0.1) is 5.41 Å². The van der Waals surface area contributed by atoms with E-state index in [1.807, 2.05) is 0 Å². The average molecular weight is 576 g/mol. The zero-order valence-electron chi connectivity index (χ0n) is 24.6. The van der Waals surface area contributed by atoms with Crippen molar-refractivity contribution < 1.29 is 4.42 Å². The highest BCUT2D eigenvalue weighted by molar-refractivity contribution is 6.09. The molecule has 1 aliphatic carbocycles. The van der Waals surface area contributed by atoms with Crippen molar-refractivity contribution in [2.24, 2.45) is 0 Å². The fourth-order valence-corrected chi connectivity index (χ4v) is 7.44. The van der Waals surface area contributed by atoms with Gasteiger partial charge < -0.3 is 9.32 Å². The van der Waals surface area contributed by atoms with E-state index in [-0.39, 0.29) is 0 Å². The highest BCUT2D eigenvalue weighted by Gasteiger charge is 2.46. The van der Waals surface area contributed by atoms with Crippen molar-refractivity contribution in [3.8, 4) is 11.1 Å². The van der Waals surface area contributed by atoms with Crippen LogP contribution in [-0.2, 0) is 5.41 Å². The van der Waals surface area contributed by atoms with Crippen molar-refractivity contribution in [1.82, 2.24) is 0 Å². The van der Waals surface area contributed by atoms with E-state index in [1.165, 1.54) is 33.4 Å². The van der Waals surface area contributed by atoms with Crippen LogP contribution >= 0.6 is 0 Å². The molecule has 0 radical (unpaired) electrons. The smallest absolute Gasteiger partial charge is 0.137 e. The lowest BCUT2D eigenvalue weighted by molar-refractivity contribution is 0.666. The highest BCUT2D eigenvalue weighted by Crippen LogP contribution is 2.57. The largest absolute Gasteiger partial charge is 0.456 e. The third kappa shape index (κ3) is 3.82. The van der Waals surface area contributed by atoms with Gasteiger partial charge in [-0.3, -0.25) is 0 Å². The summed E-state index contributed by atoms with van der Waals surface area (Å²) in [4.78, 5) is 2.28. The first kappa shape index (κ1) is 25.6. The summed E-state index contributed by atoms with van der Waals surface area (Å²) >= 11 is 0. The second kappa shape index (κ2) is 10.1. The number of rotatable bonds is 5. The van der Waals surface area contributed by atoms with Crippen LogP contribution in [-0.4, -0.2) is 0 Å². The normalized spacial score (nSPS) is 13.1. The van der Waals surface area contributed by atoms with Crippen LogP contribution in [0.4, 0.5) is 17.1 Å². The molecule has 2 heteroatoms.